The van der Waals surface area contributed by atoms with Crippen LogP contribution >= 0.6 is 11.3 Å². The first-order valence-electron chi connectivity index (χ1n) is 23.1. The maximum absolute atomic E-state index is 12.7. The second-order valence-corrected chi connectivity index (χ2v) is 16.4. The molecule has 1 fully saturated rings. The minimum absolute atomic E-state index is 0.190. The Bertz CT molecular complexity index is 1290. The highest BCUT2D eigenvalue weighted by molar-refractivity contribution is 7.08. The first kappa shape index (κ1) is 62.4. The number of allylic oxidation sites excluding steroid dienone is 1. The maximum atomic E-state index is 12.7. The Labute approximate surface area is 376 Å². The number of anilines is 2. The van der Waals surface area contributed by atoms with Gasteiger partial charge in [0.05, 0.1) is 11.3 Å². The van der Waals surface area contributed by atoms with Crippen LogP contribution in [0.2, 0.25) is 0 Å². The second kappa shape index (κ2) is 42.4. The summed E-state index contributed by atoms with van der Waals surface area (Å²) in [7, 11) is 8.13. The zero-order valence-corrected chi connectivity index (χ0v) is 41.8. The number of amides is 1. The Morgan fingerprint density at radius 2 is 1.56 bits per heavy atom. The molecule has 1 aromatic heterocycles. The molecule has 12 heteroatoms. The molecule has 1 aliphatic heterocycles. The number of hydrogen-bond acceptors (Lipinski definition) is 8. The van der Waals surface area contributed by atoms with Gasteiger partial charge in [0.2, 0.25) is 6.41 Å². The highest BCUT2D eigenvalue weighted by atomic mass is 32.1. The molecule has 1 saturated heterocycles. The predicted molar refractivity (Wildman–Crippen MR) is 262 cm³/mol. The highest BCUT2D eigenvalue weighted by Crippen LogP contribution is 2.37. The van der Waals surface area contributed by atoms with E-state index in [-0.39, 0.29) is 5.69 Å². The molecular formula is C49H91F3N6O2S. The molecule has 2 aromatic rings. The summed E-state index contributed by atoms with van der Waals surface area (Å²) in [5.74, 6) is 0. The molecular weight excluding hydrogens is 794 g/mol. The van der Waals surface area contributed by atoms with Crippen LogP contribution in [0.3, 0.4) is 0 Å². The van der Waals surface area contributed by atoms with Crippen LogP contribution in [0.25, 0.3) is 0 Å². The summed E-state index contributed by atoms with van der Waals surface area (Å²) in [4.78, 5) is 26.5. The summed E-state index contributed by atoms with van der Waals surface area (Å²) in [6.07, 6.45) is 18.4. The number of halogens is 3. The number of alkyl halides is 3. The van der Waals surface area contributed by atoms with E-state index < -0.39 is 11.7 Å². The summed E-state index contributed by atoms with van der Waals surface area (Å²) in [5, 5.41) is 12.6. The number of unbranched alkanes of at least 4 members (excludes halogenated alkanes) is 4. The largest absolute Gasteiger partial charge is 0.418 e. The van der Waals surface area contributed by atoms with Gasteiger partial charge >= 0.3 is 6.18 Å². The molecule has 0 aliphatic carbocycles. The normalized spacial score (nSPS) is 13.1. The lowest BCUT2D eigenvalue weighted by atomic mass is 10.0. The average Bonchev–Trinajstić information content (AvgIpc) is 3.75. The number of likely N-dealkylation sites (tertiary alicyclic amines) is 1. The molecule has 356 valence electrons. The summed E-state index contributed by atoms with van der Waals surface area (Å²) in [6, 6.07) is 6.37. The van der Waals surface area contributed by atoms with Crippen molar-refractivity contribution < 1.29 is 22.8 Å². The van der Waals surface area contributed by atoms with Crippen LogP contribution in [0.1, 0.15) is 156 Å². The number of piperidine rings is 1. The fourth-order valence-corrected chi connectivity index (χ4v) is 7.03. The van der Waals surface area contributed by atoms with E-state index in [1.165, 1.54) is 97.0 Å². The fourth-order valence-electron chi connectivity index (χ4n) is 6.43. The van der Waals surface area contributed by atoms with Gasteiger partial charge in [0.1, 0.15) is 6.29 Å². The summed E-state index contributed by atoms with van der Waals surface area (Å²) >= 11 is 1.56. The lowest BCUT2D eigenvalue weighted by molar-refractivity contribution is -0.137. The predicted octanol–water partition coefficient (Wildman–Crippen LogP) is 12.9. The van der Waals surface area contributed by atoms with Gasteiger partial charge < -0.3 is 35.4 Å². The van der Waals surface area contributed by atoms with Crippen LogP contribution < -0.4 is 16.0 Å². The van der Waals surface area contributed by atoms with Crippen LogP contribution in [-0.4, -0.2) is 100 Å². The third-order valence-electron chi connectivity index (χ3n) is 9.71. The maximum Gasteiger partial charge on any atom is 0.418 e. The number of nitrogens with one attached hydrogen (secondary N) is 3. The van der Waals surface area contributed by atoms with Crippen LogP contribution in [0, 0.1) is 6.92 Å². The van der Waals surface area contributed by atoms with Crippen molar-refractivity contribution in [3.05, 3.63) is 57.9 Å². The zero-order valence-electron chi connectivity index (χ0n) is 41.0. The minimum Gasteiger partial charge on any atom is -0.387 e. The molecule has 1 amide bonds. The summed E-state index contributed by atoms with van der Waals surface area (Å²) in [5.41, 5.74) is 1.81. The molecule has 8 nitrogen and oxygen atoms in total. The number of aldehydes is 1. The molecule has 1 aromatic carbocycles. The van der Waals surface area contributed by atoms with Crippen molar-refractivity contribution in [2.75, 3.05) is 71.5 Å². The van der Waals surface area contributed by atoms with Crippen molar-refractivity contribution in [2.24, 2.45) is 0 Å². The van der Waals surface area contributed by atoms with E-state index in [1.807, 2.05) is 23.8 Å². The number of rotatable bonds is 21. The molecule has 0 radical (unpaired) electrons. The molecule has 1 unspecified atom stereocenters. The quantitative estimate of drug-likeness (QED) is 0.0851. The Kier molecular flexibility index (Phi) is 43.3. The molecule has 0 spiro atoms. The SMILES string of the molecule is C/C=C\N(C)CCNC1CCN(C)CC1.CCC.CCCCC=O.CCCCCC(CCC)N(C)CCC.CCc1cc(C)cc(C(F)(F)F)c1NC.O=CNc1ccsc1. The number of likely N-dealkylation sites (N-methyl/N-ethyl adjacent to an activating group) is 1. The fraction of sp³-hybridized carbons (Fsp3) is 0.714. The van der Waals surface area contributed by atoms with Gasteiger partial charge in [0.25, 0.3) is 0 Å². The van der Waals surface area contributed by atoms with E-state index in [9.17, 15) is 22.8 Å². The number of thiophene rings is 1. The van der Waals surface area contributed by atoms with Crippen LogP contribution in [-0.2, 0) is 22.2 Å². The summed E-state index contributed by atoms with van der Waals surface area (Å²) in [6.45, 7) is 24.7. The number of benzene rings is 1. The Morgan fingerprint density at radius 1 is 0.918 bits per heavy atom. The van der Waals surface area contributed by atoms with Gasteiger partial charge in [-0.15, -0.1) is 0 Å². The molecule has 2 heterocycles. The van der Waals surface area contributed by atoms with Crippen molar-refractivity contribution in [1.29, 1.82) is 0 Å². The number of carbonyl (C=O) groups excluding carboxylic acids is 2. The van der Waals surface area contributed by atoms with Gasteiger partial charge in [-0.25, -0.2) is 0 Å². The number of carbonyl (C=O) groups is 2. The van der Waals surface area contributed by atoms with Gasteiger partial charge in [-0.3, -0.25) is 4.79 Å². The molecule has 0 saturated carbocycles. The van der Waals surface area contributed by atoms with Gasteiger partial charge in [0.15, 0.2) is 0 Å². The van der Waals surface area contributed by atoms with Gasteiger partial charge in [-0.1, -0.05) is 105 Å². The monoisotopic (exact) mass is 885 g/mol. The number of hydrogen-bond donors (Lipinski definition) is 3. The third-order valence-corrected chi connectivity index (χ3v) is 10.4. The van der Waals surface area contributed by atoms with Crippen LogP contribution in [0.4, 0.5) is 24.5 Å². The third kappa shape index (κ3) is 35.3. The lowest BCUT2D eigenvalue weighted by Crippen LogP contribution is -2.42. The standard InChI is InChI=1S/C13H29N.C12H25N3.C11H14F3N.C5H5NOS.C5H10O.C3H8/c1-5-8-9-11-13(10-6-2)14(4)12-7-3;1-4-8-14(2)11-7-13-12-5-9-15(3)10-6-12;1-4-8-5-7(2)6-9(10(8)15-3)11(12,13)14;7-4-6-5-1-2-8-3-5;1-2-3-4-5-6;1-3-2/h13H,5-12H2,1-4H3;4,8,12-13H,5-7,9-11H2,1-3H3;5-6,15H,4H2,1-3H3;1-4H,(H,6,7);5H,2-4H2,1H3;3H2,1-2H3/b;8-4-;;;;. The van der Waals surface area contributed by atoms with Gasteiger partial charge in [0, 0.05) is 56.8 Å². The minimum atomic E-state index is -4.30. The lowest BCUT2D eigenvalue weighted by Gasteiger charge is -2.30. The molecule has 1 atom stereocenters. The van der Waals surface area contributed by atoms with Crippen molar-refractivity contribution in [3.63, 3.8) is 0 Å². The number of aryl methyl sites for hydroxylation is 2. The molecule has 3 rings (SSSR count). The van der Waals surface area contributed by atoms with Gasteiger partial charge in [-0.05, 0) is 122 Å². The average molecular weight is 885 g/mol. The van der Waals surface area contributed by atoms with Gasteiger partial charge in [-0.2, -0.15) is 24.5 Å². The first-order chi connectivity index (χ1) is 29.1. The second-order valence-electron chi connectivity index (χ2n) is 15.7. The molecule has 3 N–H and O–H groups in total. The number of nitrogens with zero attached hydrogens (tertiary/aromatic N) is 3. The molecule has 61 heavy (non-hydrogen) atoms. The van der Waals surface area contributed by atoms with E-state index in [2.05, 4.69) is 113 Å². The zero-order chi connectivity index (χ0) is 46.9. The van der Waals surface area contributed by atoms with Crippen LogP contribution in [0.5, 0.6) is 0 Å². The Balaban J connectivity index is -0.000000699. The first-order valence-corrected chi connectivity index (χ1v) is 24.1. The van der Waals surface area contributed by atoms with E-state index in [0.29, 0.717) is 24.0 Å². The molecule has 1 aliphatic rings. The van der Waals surface area contributed by atoms with Crippen LogP contribution in [0.15, 0.2) is 41.2 Å². The topological polar surface area (TPSA) is 80.0 Å². The summed E-state index contributed by atoms with van der Waals surface area (Å²) < 4.78 is 38.1. The Morgan fingerprint density at radius 3 is 2.00 bits per heavy atom. The van der Waals surface area contributed by atoms with E-state index in [0.717, 1.165) is 56.4 Å². The van der Waals surface area contributed by atoms with E-state index in [4.69, 9.17) is 0 Å². The van der Waals surface area contributed by atoms with Crippen molar-refractivity contribution in [1.82, 2.24) is 20.0 Å². The van der Waals surface area contributed by atoms with Crippen molar-refractivity contribution in [2.45, 2.75) is 170 Å². The van der Waals surface area contributed by atoms with Crippen molar-refractivity contribution >= 4 is 35.4 Å². The van der Waals surface area contributed by atoms with Crippen molar-refractivity contribution in [3.8, 4) is 0 Å². The highest BCUT2D eigenvalue weighted by Gasteiger charge is 2.34. The van der Waals surface area contributed by atoms with E-state index >= 15 is 0 Å². The Hall–Kier alpha value is -2.93. The molecule has 0 bridgehead atoms. The smallest absolute Gasteiger partial charge is 0.387 e. The van der Waals surface area contributed by atoms with E-state index in [1.54, 1.807) is 24.3 Å².